The lowest BCUT2D eigenvalue weighted by Gasteiger charge is -2.21. The highest BCUT2D eigenvalue weighted by atomic mass is 35.5. The van der Waals surface area contributed by atoms with Gasteiger partial charge in [0.25, 0.3) is 5.91 Å². The number of aryl methyl sites for hydroxylation is 2. The highest BCUT2D eigenvalue weighted by Gasteiger charge is 2.19. The quantitative estimate of drug-likeness (QED) is 0.676. The number of hydrogen-bond donors (Lipinski definition) is 2. The lowest BCUT2D eigenvalue weighted by molar-refractivity contribution is 0.102. The van der Waals surface area contributed by atoms with Crippen LogP contribution in [-0.2, 0) is 0 Å². The predicted molar refractivity (Wildman–Crippen MR) is 113 cm³/mol. The van der Waals surface area contributed by atoms with Crippen molar-refractivity contribution in [2.45, 2.75) is 32.7 Å². The first-order chi connectivity index (χ1) is 13.1. The molecule has 0 aliphatic carbocycles. The molecule has 3 heterocycles. The van der Waals surface area contributed by atoms with Gasteiger partial charge in [-0.3, -0.25) is 10.1 Å². The minimum atomic E-state index is -0.281. The molecule has 0 spiro atoms. The van der Waals surface area contributed by atoms with Crippen molar-refractivity contribution in [3.05, 3.63) is 46.6 Å². The zero-order chi connectivity index (χ0) is 18.8. The Morgan fingerprint density at radius 3 is 2.82 bits per heavy atom. The number of aromatic nitrogens is 4. The van der Waals surface area contributed by atoms with Gasteiger partial charge in [-0.2, -0.15) is 0 Å². The van der Waals surface area contributed by atoms with Crippen LogP contribution in [0.5, 0.6) is 0 Å². The Labute approximate surface area is 174 Å². The van der Waals surface area contributed by atoms with Crippen molar-refractivity contribution in [3.8, 4) is 11.3 Å². The van der Waals surface area contributed by atoms with Gasteiger partial charge in [0.15, 0.2) is 10.8 Å². The third kappa shape index (κ3) is 4.40. The van der Waals surface area contributed by atoms with Crippen LogP contribution in [0.15, 0.2) is 29.8 Å². The van der Waals surface area contributed by atoms with Gasteiger partial charge < -0.3 is 5.32 Å². The molecule has 1 saturated heterocycles. The van der Waals surface area contributed by atoms with E-state index in [2.05, 4.69) is 58.0 Å². The van der Waals surface area contributed by atoms with E-state index in [9.17, 15) is 4.79 Å². The fourth-order valence-electron chi connectivity index (χ4n) is 3.35. The van der Waals surface area contributed by atoms with Gasteiger partial charge in [-0.1, -0.05) is 29.0 Å². The van der Waals surface area contributed by atoms with Crippen LogP contribution in [0, 0.1) is 13.8 Å². The molecular formula is C19H23ClN6OS. The van der Waals surface area contributed by atoms with Crippen molar-refractivity contribution in [2.24, 2.45) is 0 Å². The molecule has 28 heavy (non-hydrogen) atoms. The fraction of sp³-hybridized carbons (Fsp3) is 0.368. The summed E-state index contributed by atoms with van der Waals surface area (Å²) in [5.74, 6) is -0.281. The summed E-state index contributed by atoms with van der Waals surface area (Å²) >= 11 is 1.41. The van der Waals surface area contributed by atoms with Gasteiger partial charge in [0.1, 0.15) is 0 Å². The number of nitrogens with one attached hydrogen (secondary N) is 2. The monoisotopic (exact) mass is 418 g/mol. The lowest BCUT2D eigenvalue weighted by Crippen LogP contribution is -2.29. The van der Waals surface area contributed by atoms with E-state index in [-0.39, 0.29) is 18.3 Å². The predicted octanol–water partition coefficient (Wildman–Crippen LogP) is 3.62. The number of anilines is 1. The molecule has 1 fully saturated rings. The average Bonchev–Trinajstić information content (AvgIpc) is 3.32. The SMILES string of the molecule is Cc1ccc(-c2csc(NC(=O)c3cn(C4CCNCC4)nn3)n2)c(C)c1.Cl. The zero-order valence-electron chi connectivity index (χ0n) is 15.8. The number of hydrogen-bond acceptors (Lipinski definition) is 6. The van der Waals surface area contributed by atoms with Gasteiger partial charge in [0.05, 0.1) is 17.9 Å². The van der Waals surface area contributed by atoms with Crippen LogP contribution < -0.4 is 10.6 Å². The van der Waals surface area contributed by atoms with E-state index in [1.165, 1.54) is 22.5 Å². The Morgan fingerprint density at radius 2 is 2.07 bits per heavy atom. The standard InChI is InChI=1S/C19H22N6OS.ClH/c1-12-3-4-15(13(2)9-12)17-11-27-19(21-17)22-18(26)16-10-25(24-23-16)14-5-7-20-8-6-14;/h3-4,9-11,14,20H,5-8H2,1-2H3,(H,21,22,26);1H. The van der Waals surface area contributed by atoms with E-state index in [1.807, 2.05) is 5.38 Å². The van der Waals surface area contributed by atoms with Crippen molar-refractivity contribution in [2.75, 3.05) is 18.4 Å². The summed E-state index contributed by atoms with van der Waals surface area (Å²) in [5, 5.41) is 16.8. The summed E-state index contributed by atoms with van der Waals surface area (Å²) in [4.78, 5) is 17.1. The molecular weight excluding hydrogens is 396 g/mol. The summed E-state index contributed by atoms with van der Waals surface area (Å²) in [6.45, 7) is 6.07. The Balaban J connectivity index is 0.00000225. The normalized spacial score (nSPS) is 14.5. The molecule has 0 unspecified atom stereocenters. The summed E-state index contributed by atoms with van der Waals surface area (Å²) in [7, 11) is 0. The van der Waals surface area contributed by atoms with Crippen molar-refractivity contribution >= 4 is 34.8 Å². The average molecular weight is 419 g/mol. The Bertz CT molecular complexity index is 963. The van der Waals surface area contributed by atoms with E-state index >= 15 is 0 Å². The van der Waals surface area contributed by atoms with Crippen molar-refractivity contribution in [1.29, 1.82) is 0 Å². The summed E-state index contributed by atoms with van der Waals surface area (Å²) in [5.41, 5.74) is 4.65. The molecule has 0 atom stereocenters. The van der Waals surface area contributed by atoms with Crippen LogP contribution in [0.2, 0.25) is 0 Å². The Hall–Kier alpha value is -2.29. The first kappa shape index (κ1) is 20.4. The molecule has 0 saturated carbocycles. The highest BCUT2D eigenvalue weighted by molar-refractivity contribution is 7.14. The maximum absolute atomic E-state index is 12.5. The molecule has 7 nitrogen and oxygen atoms in total. The van der Waals surface area contributed by atoms with Gasteiger partial charge in [0.2, 0.25) is 0 Å². The van der Waals surface area contributed by atoms with Crippen LogP contribution in [0.1, 0.15) is 40.5 Å². The largest absolute Gasteiger partial charge is 0.317 e. The number of amides is 1. The Morgan fingerprint density at radius 1 is 1.29 bits per heavy atom. The number of thiazole rings is 1. The van der Waals surface area contributed by atoms with E-state index < -0.39 is 0 Å². The van der Waals surface area contributed by atoms with Gasteiger partial charge in [-0.15, -0.1) is 28.8 Å². The molecule has 1 aliphatic heterocycles. The van der Waals surface area contributed by atoms with Crippen LogP contribution >= 0.6 is 23.7 Å². The van der Waals surface area contributed by atoms with Crippen molar-refractivity contribution < 1.29 is 4.79 Å². The topological polar surface area (TPSA) is 84.7 Å². The van der Waals surface area contributed by atoms with Gasteiger partial charge in [-0.05, 0) is 45.3 Å². The highest BCUT2D eigenvalue weighted by Crippen LogP contribution is 2.28. The third-order valence-electron chi connectivity index (χ3n) is 4.81. The number of carbonyl (C=O) groups excluding carboxylic acids is 1. The molecule has 3 aromatic rings. The zero-order valence-corrected chi connectivity index (χ0v) is 17.4. The molecule has 1 aliphatic rings. The maximum atomic E-state index is 12.5. The number of halogens is 1. The molecule has 0 radical (unpaired) electrons. The first-order valence-electron chi connectivity index (χ1n) is 9.07. The molecule has 1 amide bonds. The molecule has 0 bridgehead atoms. The van der Waals surface area contributed by atoms with Crippen LogP contribution in [0.3, 0.4) is 0 Å². The minimum absolute atomic E-state index is 0. The number of benzene rings is 1. The van der Waals surface area contributed by atoms with Crippen molar-refractivity contribution in [3.63, 3.8) is 0 Å². The molecule has 1 aromatic carbocycles. The van der Waals surface area contributed by atoms with E-state index in [1.54, 1.807) is 10.9 Å². The van der Waals surface area contributed by atoms with Gasteiger partial charge in [0, 0.05) is 10.9 Å². The van der Waals surface area contributed by atoms with Crippen LogP contribution in [-0.4, -0.2) is 39.0 Å². The summed E-state index contributed by atoms with van der Waals surface area (Å²) in [6.07, 6.45) is 3.72. The maximum Gasteiger partial charge on any atom is 0.279 e. The summed E-state index contributed by atoms with van der Waals surface area (Å²) < 4.78 is 1.80. The van der Waals surface area contributed by atoms with E-state index in [0.717, 1.165) is 37.2 Å². The smallest absolute Gasteiger partial charge is 0.279 e. The number of piperidine rings is 1. The number of rotatable bonds is 4. The van der Waals surface area contributed by atoms with Gasteiger partial charge in [-0.25, -0.2) is 9.67 Å². The third-order valence-corrected chi connectivity index (χ3v) is 5.57. The lowest BCUT2D eigenvalue weighted by atomic mass is 10.0. The molecule has 148 valence electrons. The van der Waals surface area contributed by atoms with Crippen molar-refractivity contribution in [1.82, 2.24) is 25.3 Å². The minimum Gasteiger partial charge on any atom is -0.317 e. The summed E-state index contributed by atoms with van der Waals surface area (Å²) in [6, 6.07) is 6.57. The molecule has 2 N–H and O–H groups in total. The Kier molecular flexibility index (Phi) is 6.43. The van der Waals surface area contributed by atoms with E-state index in [4.69, 9.17) is 0 Å². The first-order valence-corrected chi connectivity index (χ1v) is 9.95. The van der Waals surface area contributed by atoms with Crippen LogP contribution in [0.4, 0.5) is 5.13 Å². The molecule has 2 aromatic heterocycles. The van der Waals surface area contributed by atoms with Crippen LogP contribution in [0.25, 0.3) is 11.3 Å². The molecule has 4 rings (SSSR count). The second-order valence-electron chi connectivity index (χ2n) is 6.88. The van der Waals surface area contributed by atoms with Gasteiger partial charge >= 0.3 is 0 Å². The fourth-order valence-corrected chi connectivity index (χ4v) is 4.05. The number of carbonyl (C=O) groups is 1. The second kappa shape index (κ2) is 8.81. The molecule has 9 heteroatoms. The second-order valence-corrected chi connectivity index (χ2v) is 7.73. The number of nitrogens with zero attached hydrogens (tertiary/aromatic N) is 4. The van der Waals surface area contributed by atoms with E-state index in [0.29, 0.717) is 16.9 Å².